The van der Waals surface area contributed by atoms with E-state index in [4.69, 9.17) is 0 Å². The lowest BCUT2D eigenvalue weighted by Gasteiger charge is -2.20. The molecule has 0 saturated heterocycles. The van der Waals surface area contributed by atoms with Crippen LogP contribution in [0.4, 0.5) is 5.69 Å². The highest BCUT2D eigenvalue weighted by molar-refractivity contribution is 5.80. The molecule has 1 aromatic carbocycles. The topological polar surface area (TPSA) is 44.4 Å². The number of para-hydroxylation sites is 1. The Kier molecular flexibility index (Phi) is 6.22. The van der Waals surface area contributed by atoms with Gasteiger partial charge in [0.2, 0.25) is 5.91 Å². The molecule has 0 aliphatic heterocycles. The Labute approximate surface area is 109 Å². The number of carbonyl (C=O) groups is 1. The summed E-state index contributed by atoms with van der Waals surface area (Å²) in [5.74, 6) is 0.0337. The van der Waals surface area contributed by atoms with Gasteiger partial charge in [0.15, 0.2) is 0 Å². The third-order valence-electron chi connectivity index (χ3n) is 2.96. The van der Waals surface area contributed by atoms with Gasteiger partial charge >= 0.3 is 0 Å². The van der Waals surface area contributed by atoms with Crippen LogP contribution in [0.3, 0.4) is 0 Å². The standard InChI is InChI=1S/C14H23N3O/c1-12(14(18)15-2)16-10-7-11-17(3)13-8-5-4-6-9-13/h4-6,8-9,12,16H,7,10-11H2,1-3H3,(H,15,18). The first-order valence-corrected chi connectivity index (χ1v) is 6.36. The van der Waals surface area contributed by atoms with Gasteiger partial charge in [-0.15, -0.1) is 0 Å². The Hall–Kier alpha value is -1.55. The first-order valence-electron chi connectivity index (χ1n) is 6.36. The molecule has 4 heteroatoms. The quantitative estimate of drug-likeness (QED) is 0.715. The highest BCUT2D eigenvalue weighted by atomic mass is 16.2. The van der Waals surface area contributed by atoms with Crippen molar-refractivity contribution in [2.24, 2.45) is 0 Å². The fourth-order valence-corrected chi connectivity index (χ4v) is 1.76. The number of nitrogens with one attached hydrogen (secondary N) is 2. The maximum Gasteiger partial charge on any atom is 0.236 e. The average Bonchev–Trinajstić information content (AvgIpc) is 2.43. The minimum atomic E-state index is -0.128. The van der Waals surface area contributed by atoms with Crippen molar-refractivity contribution in [3.63, 3.8) is 0 Å². The molecule has 18 heavy (non-hydrogen) atoms. The number of likely N-dealkylation sites (N-methyl/N-ethyl adjacent to an activating group) is 1. The van der Waals surface area contributed by atoms with Gasteiger partial charge in [0.25, 0.3) is 0 Å². The Morgan fingerprint density at radius 2 is 2.00 bits per heavy atom. The number of hydrogen-bond acceptors (Lipinski definition) is 3. The summed E-state index contributed by atoms with van der Waals surface area (Å²) in [6.07, 6.45) is 1.01. The van der Waals surface area contributed by atoms with Crippen molar-refractivity contribution in [2.45, 2.75) is 19.4 Å². The second kappa shape index (κ2) is 7.71. The van der Waals surface area contributed by atoms with Crippen molar-refractivity contribution < 1.29 is 4.79 Å². The molecule has 0 spiro atoms. The molecule has 0 radical (unpaired) electrons. The Morgan fingerprint density at radius 3 is 2.61 bits per heavy atom. The zero-order valence-corrected chi connectivity index (χ0v) is 11.4. The van der Waals surface area contributed by atoms with Gasteiger partial charge in [-0.1, -0.05) is 18.2 Å². The predicted molar refractivity (Wildman–Crippen MR) is 75.9 cm³/mol. The highest BCUT2D eigenvalue weighted by Crippen LogP contribution is 2.10. The van der Waals surface area contributed by atoms with E-state index in [1.165, 1.54) is 5.69 Å². The normalized spacial score (nSPS) is 11.9. The van der Waals surface area contributed by atoms with Crippen molar-refractivity contribution in [2.75, 3.05) is 32.1 Å². The lowest BCUT2D eigenvalue weighted by atomic mass is 10.2. The van der Waals surface area contributed by atoms with E-state index in [0.29, 0.717) is 0 Å². The zero-order valence-electron chi connectivity index (χ0n) is 11.4. The van der Waals surface area contributed by atoms with Crippen molar-refractivity contribution in [3.05, 3.63) is 30.3 Å². The average molecular weight is 249 g/mol. The zero-order chi connectivity index (χ0) is 13.4. The molecular formula is C14H23N3O. The molecule has 0 bridgehead atoms. The fraction of sp³-hybridized carbons (Fsp3) is 0.500. The first-order chi connectivity index (χ1) is 8.65. The van der Waals surface area contributed by atoms with Crippen LogP contribution in [-0.4, -0.2) is 39.1 Å². The molecule has 0 saturated carbocycles. The van der Waals surface area contributed by atoms with Crippen molar-refractivity contribution in [1.29, 1.82) is 0 Å². The molecular weight excluding hydrogens is 226 g/mol. The van der Waals surface area contributed by atoms with Crippen LogP contribution in [0.1, 0.15) is 13.3 Å². The minimum absolute atomic E-state index is 0.0337. The maximum absolute atomic E-state index is 11.3. The van der Waals surface area contributed by atoms with E-state index in [1.807, 2.05) is 25.1 Å². The van der Waals surface area contributed by atoms with E-state index >= 15 is 0 Å². The van der Waals surface area contributed by atoms with Gasteiger partial charge in [-0.2, -0.15) is 0 Å². The first kappa shape index (κ1) is 14.5. The molecule has 1 amide bonds. The number of hydrogen-bond donors (Lipinski definition) is 2. The molecule has 0 aromatic heterocycles. The van der Waals surface area contributed by atoms with Crippen LogP contribution in [0.25, 0.3) is 0 Å². The lowest BCUT2D eigenvalue weighted by molar-refractivity contribution is -0.122. The van der Waals surface area contributed by atoms with Crippen LogP contribution in [-0.2, 0) is 4.79 Å². The largest absolute Gasteiger partial charge is 0.375 e. The molecule has 2 N–H and O–H groups in total. The van der Waals surface area contributed by atoms with E-state index in [1.54, 1.807) is 7.05 Å². The fourth-order valence-electron chi connectivity index (χ4n) is 1.76. The predicted octanol–water partition coefficient (Wildman–Crippen LogP) is 1.24. The van der Waals surface area contributed by atoms with Crippen LogP contribution in [0.5, 0.6) is 0 Å². The molecule has 0 aliphatic carbocycles. The third-order valence-corrected chi connectivity index (χ3v) is 2.96. The van der Waals surface area contributed by atoms with Crippen molar-refractivity contribution in [3.8, 4) is 0 Å². The summed E-state index contributed by atoms with van der Waals surface area (Å²) in [7, 11) is 3.74. The van der Waals surface area contributed by atoms with E-state index in [9.17, 15) is 4.79 Å². The van der Waals surface area contributed by atoms with Crippen LogP contribution in [0.15, 0.2) is 30.3 Å². The number of amides is 1. The van der Waals surface area contributed by atoms with Crippen molar-refractivity contribution >= 4 is 11.6 Å². The molecule has 1 rings (SSSR count). The second-order valence-corrected chi connectivity index (χ2v) is 4.40. The summed E-state index contributed by atoms with van der Waals surface area (Å²) in [5, 5.41) is 5.83. The summed E-state index contributed by atoms with van der Waals surface area (Å²) in [6, 6.07) is 10.2. The van der Waals surface area contributed by atoms with Gasteiger partial charge in [0.05, 0.1) is 6.04 Å². The Bertz CT molecular complexity index is 353. The van der Waals surface area contributed by atoms with Gasteiger partial charge in [-0.3, -0.25) is 4.79 Å². The summed E-state index contributed by atoms with van der Waals surface area (Å²) in [4.78, 5) is 13.5. The van der Waals surface area contributed by atoms with E-state index in [-0.39, 0.29) is 11.9 Å². The van der Waals surface area contributed by atoms with Gasteiger partial charge in [0.1, 0.15) is 0 Å². The van der Waals surface area contributed by atoms with Crippen molar-refractivity contribution in [1.82, 2.24) is 10.6 Å². The molecule has 1 aromatic rings. The lowest BCUT2D eigenvalue weighted by Crippen LogP contribution is -2.41. The molecule has 1 unspecified atom stereocenters. The van der Waals surface area contributed by atoms with Crippen LogP contribution in [0, 0.1) is 0 Å². The number of nitrogens with zero attached hydrogens (tertiary/aromatic N) is 1. The SMILES string of the molecule is CNC(=O)C(C)NCCCN(C)c1ccccc1. The molecule has 0 fully saturated rings. The Balaban J connectivity index is 2.20. The summed E-state index contributed by atoms with van der Waals surface area (Å²) >= 11 is 0. The summed E-state index contributed by atoms with van der Waals surface area (Å²) in [6.45, 7) is 3.68. The number of rotatable bonds is 7. The molecule has 4 nitrogen and oxygen atoms in total. The second-order valence-electron chi connectivity index (χ2n) is 4.40. The van der Waals surface area contributed by atoms with Gasteiger partial charge in [0, 0.05) is 26.3 Å². The van der Waals surface area contributed by atoms with E-state index < -0.39 is 0 Å². The van der Waals surface area contributed by atoms with Gasteiger partial charge in [-0.25, -0.2) is 0 Å². The van der Waals surface area contributed by atoms with E-state index in [0.717, 1.165) is 19.5 Å². The highest BCUT2D eigenvalue weighted by Gasteiger charge is 2.08. The Morgan fingerprint density at radius 1 is 1.33 bits per heavy atom. The van der Waals surface area contributed by atoms with Crippen LogP contribution >= 0.6 is 0 Å². The number of benzene rings is 1. The monoisotopic (exact) mass is 249 g/mol. The summed E-state index contributed by atoms with van der Waals surface area (Å²) in [5.41, 5.74) is 1.22. The minimum Gasteiger partial charge on any atom is -0.375 e. The van der Waals surface area contributed by atoms with E-state index in [2.05, 4.69) is 34.7 Å². The van der Waals surface area contributed by atoms with Gasteiger partial charge < -0.3 is 15.5 Å². The molecule has 0 heterocycles. The van der Waals surface area contributed by atoms with Crippen LogP contribution < -0.4 is 15.5 Å². The molecule has 0 aliphatic rings. The number of carbonyl (C=O) groups excluding carboxylic acids is 1. The summed E-state index contributed by atoms with van der Waals surface area (Å²) < 4.78 is 0. The maximum atomic E-state index is 11.3. The third kappa shape index (κ3) is 4.75. The number of anilines is 1. The molecule has 1 atom stereocenters. The van der Waals surface area contributed by atoms with Gasteiger partial charge in [-0.05, 0) is 32.0 Å². The van der Waals surface area contributed by atoms with Crippen LogP contribution in [0.2, 0.25) is 0 Å². The smallest absolute Gasteiger partial charge is 0.236 e. The molecule has 100 valence electrons.